The van der Waals surface area contributed by atoms with Crippen molar-refractivity contribution in [3.8, 4) is 5.75 Å². The zero-order valence-electron chi connectivity index (χ0n) is 8.22. The highest BCUT2D eigenvalue weighted by molar-refractivity contribution is 6.33. The monoisotopic (exact) mass is 247 g/mol. The summed E-state index contributed by atoms with van der Waals surface area (Å²) in [6, 6.07) is 5.05. The maximum atomic E-state index is 11.2. The second-order valence-corrected chi connectivity index (χ2v) is 3.62. The van der Waals surface area contributed by atoms with E-state index in [2.05, 4.69) is 5.32 Å². The molecule has 0 fully saturated rings. The van der Waals surface area contributed by atoms with Gasteiger partial charge in [-0.2, -0.15) is 0 Å². The van der Waals surface area contributed by atoms with E-state index >= 15 is 0 Å². The number of nitrogens with one attached hydrogen (secondary N) is 1. The predicted octanol–water partition coefficient (Wildman–Crippen LogP) is 2.92. The first kappa shape index (κ1) is 12.1. The molecule has 0 aliphatic heterocycles. The van der Waals surface area contributed by atoms with E-state index in [1.807, 2.05) is 0 Å². The fourth-order valence-electron chi connectivity index (χ4n) is 1.02. The molecule has 0 saturated carbocycles. The number of amides is 1. The summed E-state index contributed by atoms with van der Waals surface area (Å²) in [6.07, 6.45) is 0.268. The number of alkyl halides is 1. The first-order chi connectivity index (χ1) is 7.17. The van der Waals surface area contributed by atoms with E-state index in [9.17, 15) is 4.79 Å². The van der Waals surface area contributed by atoms with Crippen molar-refractivity contribution in [2.24, 2.45) is 0 Å². The SMILES string of the molecule is COc1ccc(NC(=O)CCCl)c(Cl)c1. The van der Waals surface area contributed by atoms with Crippen LogP contribution in [0.5, 0.6) is 5.75 Å². The molecule has 5 heteroatoms. The highest BCUT2D eigenvalue weighted by Crippen LogP contribution is 2.26. The molecule has 1 aromatic rings. The largest absolute Gasteiger partial charge is 0.497 e. The van der Waals surface area contributed by atoms with E-state index in [4.69, 9.17) is 27.9 Å². The number of rotatable bonds is 4. The number of hydrogen-bond donors (Lipinski definition) is 1. The summed E-state index contributed by atoms with van der Waals surface area (Å²) < 4.78 is 4.98. The van der Waals surface area contributed by atoms with Gasteiger partial charge in [-0.05, 0) is 12.1 Å². The van der Waals surface area contributed by atoms with Gasteiger partial charge in [0.2, 0.25) is 5.91 Å². The highest BCUT2D eigenvalue weighted by atomic mass is 35.5. The van der Waals surface area contributed by atoms with Crippen molar-refractivity contribution in [3.63, 3.8) is 0 Å². The van der Waals surface area contributed by atoms with E-state index in [1.165, 1.54) is 0 Å². The molecule has 0 atom stereocenters. The first-order valence-corrected chi connectivity index (χ1v) is 5.28. The maximum Gasteiger partial charge on any atom is 0.225 e. The molecule has 0 saturated heterocycles. The molecule has 0 aromatic heterocycles. The summed E-state index contributed by atoms with van der Waals surface area (Å²) in [4.78, 5) is 11.2. The molecule has 0 unspecified atom stereocenters. The Morgan fingerprint density at radius 3 is 2.80 bits per heavy atom. The van der Waals surface area contributed by atoms with Gasteiger partial charge in [-0.1, -0.05) is 11.6 Å². The van der Waals surface area contributed by atoms with Gasteiger partial charge in [0.05, 0.1) is 17.8 Å². The van der Waals surface area contributed by atoms with Gasteiger partial charge >= 0.3 is 0 Å². The number of carbonyl (C=O) groups excluding carboxylic acids is 1. The van der Waals surface area contributed by atoms with E-state index < -0.39 is 0 Å². The van der Waals surface area contributed by atoms with Crippen molar-refractivity contribution >= 4 is 34.8 Å². The Kier molecular flexibility index (Phi) is 4.72. The zero-order valence-corrected chi connectivity index (χ0v) is 9.73. The lowest BCUT2D eigenvalue weighted by molar-refractivity contribution is -0.115. The smallest absolute Gasteiger partial charge is 0.225 e. The molecule has 15 heavy (non-hydrogen) atoms. The third kappa shape index (κ3) is 3.61. The second kappa shape index (κ2) is 5.83. The van der Waals surface area contributed by atoms with Crippen LogP contribution < -0.4 is 10.1 Å². The Morgan fingerprint density at radius 1 is 1.53 bits per heavy atom. The number of anilines is 1. The van der Waals surface area contributed by atoms with Crippen molar-refractivity contribution in [2.75, 3.05) is 18.3 Å². The molecule has 1 N–H and O–H groups in total. The van der Waals surface area contributed by atoms with Crippen LogP contribution in [-0.4, -0.2) is 18.9 Å². The van der Waals surface area contributed by atoms with Gasteiger partial charge in [0, 0.05) is 18.4 Å². The molecule has 0 aliphatic rings. The van der Waals surface area contributed by atoms with Crippen molar-refractivity contribution in [1.29, 1.82) is 0 Å². The summed E-state index contributed by atoms with van der Waals surface area (Å²) in [5.41, 5.74) is 0.563. The number of carbonyl (C=O) groups is 1. The van der Waals surface area contributed by atoms with Gasteiger partial charge in [0.1, 0.15) is 5.75 Å². The van der Waals surface area contributed by atoms with Crippen LogP contribution in [0.15, 0.2) is 18.2 Å². The third-order valence-corrected chi connectivity index (χ3v) is 2.27. The van der Waals surface area contributed by atoms with Gasteiger partial charge in [0.15, 0.2) is 0 Å². The molecule has 82 valence electrons. The predicted molar refractivity (Wildman–Crippen MR) is 62.0 cm³/mol. The van der Waals surface area contributed by atoms with E-state index in [1.54, 1.807) is 25.3 Å². The Labute approximate surface area is 98.3 Å². The van der Waals surface area contributed by atoms with E-state index in [0.717, 1.165) is 0 Å². The van der Waals surface area contributed by atoms with Crippen molar-refractivity contribution < 1.29 is 9.53 Å². The summed E-state index contributed by atoms with van der Waals surface area (Å²) in [7, 11) is 1.55. The maximum absolute atomic E-state index is 11.2. The van der Waals surface area contributed by atoms with E-state index in [-0.39, 0.29) is 12.3 Å². The number of hydrogen-bond acceptors (Lipinski definition) is 2. The summed E-state index contributed by atoms with van der Waals surface area (Å²) in [5.74, 6) is 0.784. The minimum Gasteiger partial charge on any atom is -0.497 e. The molecule has 1 amide bonds. The molecule has 1 rings (SSSR count). The summed E-state index contributed by atoms with van der Waals surface area (Å²) in [5, 5.41) is 3.09. The van der Waals surface area contributed by atoms with Crippen LogP contribution in [0, 0.1) is 0 Å². The number of benzene rings is 1. The van der Waals surface area contributed by atoms with Gasteiger partial charge in [0.25, 0.3) is 0 Å². The fraction of sp³-hybridized carbons (Fsp3) is 0.300. The Morgan fingerprint density at radius 2 is 2.27 bits per heavy atom. The molecule has 3 nitrogen and oxygen atoms in total. The summed E-state index contributed by atoms with van der Waals surface area (Å²) in [6.45, 7) is 0. The molecule has 0 aliphatic carbocycles. The second-order valence-electron chi connectivity index (χ2n) is 2.83. The van der Waals surface area contributed by atoms with Crippen LogP contribution in [0.3, 0.4) is 0 Å². The van der Waals surface area contributed by atoms with Crippen molar-refractivity contribution in [1.82, 2.24) is 0 Å². The molecule has 0 bridgehead atoms. The van der Waals surface area contributed by atoms with Crippen LogP contribution in [0.4, 0.5) is 5.69 Å². The first-order valence-electron chi connectivity index (χ1n) is 4.36. The minimum absolute atomic E-state index is 0.155. The van der Waals surface area contributed by atoms with Crippen LogP contribution in [0.1, 0.15) is 6.42 Å². The minimum atomic E-state index is -0.155. The normalized spacial score (nSPS) is 9.80. The van der Waals surface area contributed by atoms with Crippen LogP contribution in [0.25, 0.3) is 0 Å². The van der Waals surface area contributed by atoms with Crippen LogP contribution in [-0.2, 0) is 4.79 Å². The lowest BCUT2D eigenvalue weighted by atomic mass is 10.3. The fourth-order valence-corrected chi connectivity index (χ4v) is 1.41. The van der Waals surface area contributed by atoms with Gasteiger partial charge in [-0.3, -0.25) is 4.79 Å². The molecular formula is C10H11Cl2NO2. The topological polar surface area (TPSA) is 38.3 Å². The highest BCUT2D eigenvalue weighted by Gasteiger charge is 2.05. The number of halogens is 2. The molecule has 0 radical (unpaired) electrons. The van der Waals surface area contributed by atoms with Crippen molar-refractivity contribution in [3.05, 3.63) is 23.2 Å². The molecular weight excluding hydrogens is 237 g/mol. The molecule has 0 spiro atoms. The Bertz CT molecular complexity index is 355. The number of ether oxygens (including phenoxy) is 1. The van der Waals surface area contributed by atoms with Crippen LogP contribution in [0.2, 0.25) is 5.02 Å². The summed E-state index contributed by atoms with van der Waals surface area (Å²) >= 11 is 11.4. The number of methoxy groups -OCH3 is 1. The Hall–Kier alpha value is -0.930. The van der Waals surface area contributed by atoms with Gasteiger partial charge in [-0.15, -0.1) is 11.6 Å². The molecule has 0 heterocycles. The Balaban J connectivity index is 2.73. The van der Waals surface area contributed by atoms with E-state index in [0.29, 0.717) is 22.3 Å². The standard InChI is InChI=1S/C10H11Cl2NO2/c1-15-7-2-3-9(8(12)6-7)13-10(14)4-5-11/h2-3,6H,4-5H2,1H3,(H,13,14). The average molecular weight is 248 g/mol. The van der Waals surface area contributed by atoms with Gasteiger partial charge < -0.3 is 10.1 Å². The lowest BCUT2D eigenvalue weighted by Crippen LogP contribution is -2.11. The third-order valence-electron chi connectivity index (χ3n) is 1.77. The van der Waals surface area contributed by atoms with Gasteiger partial charge in [-0.25, -0.2) is 0 Å². The lowest BCUT2D eigenvalue weighted by Gasteiger charge is -2.07. The average Bonchev–Trinajstić information content (AvgIpc) is 2.21. The van der Waals surface area contributed by atoms with Crippen LogP contribution >= 0.6 is 23.2 Å². The van der Waals surface area contributed by atoms with Crippen molar-refractivity contribution in [2.45, 2.75) is 6.42 Å². The quantitative estimate of drug-likeness (QED) is 0.832. The zero-order chi connectivity index (χ0) is 11.3. The molecule has 1 aromatic carbocycles.